The third-order valence-corrected chi connectivity index (χ3v) is 2.64. The van der Waals surface area contributed by atoms with Crippen LogP contribution < -0.4 is 11.2 Å². The van der Waals surface area contributed by atoms with E-state index in [-0.39, 0.29) is 17.9 Å². The van der Waals surface area contributed by atoms with Gasteiger partial charge in [-0.25, -0.2) is 4.79 Å². The molecule has 0 unspecified atom stereocenters. The summed E-state index contributed by atoms with van der Waals surface area (Å²) >= 11 is 0. The second-order valence-corrected chi connectivity index (χ2v) is 3.95. The minimum atomic E-state index is -0.580. The number of aromatic nitrogens is 2. The number of nitrogens with zero attached hydrogens (tertiary/aromatic N) is 2. The van der Waals surface area contributed by atoms with Crippen LogP contribution in [-0.2, 0) is 13.6 Å². The Morgan fingerprint density at radius 1 is 1.39 bits per heavy atom. The summed E-state index contributed by atoms with van der Waals surface area (Å²) in [4.78, 5) is 34.9. The zero-order valence-electron chi connectivity index (χ0n) is 10.0. The van der Waals surface area contributed by atoms with Gasteiger partial charge in [0.1, 0.15) is 5.76 Å². The van der Waals surface area contributed by atoms with Gasteiger partial charge in [0.05, 0.1) is 18.4 Å². The van der Waals surface area contributed by atoms with E-state index in [1.807, 2.05) is 0 Å². The lowest BCUT2D eigenvalue weighted by atomic mass is 10.2. The molecule has 2 rings (SSSR count). The van der Waals surface area contributed by atoms with Gasteiger partial charge < -0.3 is 4.42 Å². The first-order valence-electron chi connectivity index (χ1n) is 5.34. The van der Waals surface area contributed by atoms with Crippen molar-refractivity contribution in [2.75, 3.05) is 0 Å². The lowest BCUT2D eigenvalue weighted by molar-refractivity contribution is 0.101. The van der Waals surface area contributed by atoms with Crippen LogP contribution in [0.4, 0.5) is 0 Å². The first-order chi connectivity index (χ1) is 8.50. The number of carbonyl (C=O) groups excluding carboxylic acids is 1. The van der Waals surface area contributed by atoms with Gasteiger partial charge in [0.15, 0.2) is 5.78 Å². The molecule has 0 saturated carbocycles. The molecular formula is C12H12N2O4. The van der Waals surface area contributed by atoms with Gasteiger partial charge in [0, 0.05) is 13.2 Å². The third kappa shape index (κ3) is 2.04. The first kappa shape index (κ1) is 12.1. The second kappa shape index (κ2) is 4.48. The maximum Gasteiger partial charge on any atom is 0.331 e. The molecule has 0 aliphatic rings. The van der Waals surface area contributed by atoms with E-state index in [9.17, 15) is 14.4 Å². The fraction of sp³-hybridized carbons (Fsp3) is 0.250. The van der Waals surface area contributed by atoms with E-state index in [4.69, 9.17) is 4.42 Å². The molecule has 0 aliphatic carbocycles. The predicted octanol–water partition coefficient (Wildman–Crippen LogP) is 0.391. The Labute approximate surface area is 102 Å². The zero-order valence-corrected chi connectivity index (χ0v) is 10.0. The number of hydrogen-bond donors (Lipinski definition) is 0. The number of Topliss-reactive ketones (excluding diaryl/α,β-unsaturated/α-hetero) is 1. The summed E-state index contributed by atoms with van der Waals surface area (Å²) in [5.41, 5.74) is -1.08. The molecule has 0 bridgehead atoms. The van der Waals surface area contributed by atoms with Gasteiger partial charge in [-0.1, -0.05) is 0 Å². The van der Waals surface area contributed by atoms with Crippen molar-refractivity contribution in [2.24, 2.45) is 7.05 Å². The van der Waals surface area contributed by atoms with Crippen molar-refractivity contribution < 1.29 is 9.21 Å². The van der Waals surface area contributed by atoms with Crippen LogP contribution in [0.2, 0.25) is 0 Å². The van der Waals surface area contributed by atoms with Crippen LogP contribution in [0.1, 0.15) is 23.0 Å². The van der Waals surface area contributed by atoms with Gasteiger partial charge in [-0.3, -0.25) is 18.7 Å². The Kier molecular flexibility index (Phi) is 3.01. The smallest absolute Gasteiger partial charge is 0.331 e. The Morgan fingerprint density at radius 3 is 2.67 bits per heavy atom. The van der Waals surface area contributed by atoms with Crippen LogP contribution in [0.25, 0.3) is 0 Å². The number of hydrogen-bond acceptors (Lipinski definition) is 4. The van der Waals surface area contributed by atoms with E-state index in [2.05, 4.69) is 0 Å². The minimum absolute atomic E-state index is 0.0105. The lowest BCUT2D eigenvalue weighted by Gasteiger charge is -2.07. The molecule has 6 nitrogen and oxygen atoms in total. The summed E-state index contributed by atoms with van der Waals surface area (Å²) in [6, 6.07) is 3.42. The van der Waals surface area contributed by atoms with Crippen LogP contribution in [0.5, 0.6) is 0 Å². The van der Waals surface area contributed by atoms with Crippen molar-refractivity contribution in [3.8, 4) is 0 Å². The molecule has 0 atom stereocenters. The van der Waals surface area contributed by atoms with Gasteiger partial charge in [0.2, 0.25) is 0 Å². The molecule has 6 heteroatoms. The number of carbonyl (C=O) groups is 1. The predicted molar refractivity (Wildman–Crippen MR) is 63.8 cm³/mol. The van der Waals surface area contributed by atoms with Crippen LogP contribution in [-0.4, -0.2) is 14.9 Å². The molecule has 2 heterocycles. The highest BCUT2D eigenvalue weighted by Gasteiger charge is 2.12. The maximum absolute atomic E-state index is 11.9. The van der Waals surface area contributed by atoms with Crippen LogP contribution >= 0.6 is 0 Å². The maximum atomic E-state index is 11.9. The Bertz CT molecular complexity index is 692. The fourth-order valence-electron chi connectivity index (χ4n) is 1.65. The quantitative estimate of drug-likeness (QED) is 0.736. The topological polar surface area (TPSA) is 74.2 Å². The normalized spacial score (nSPS) is 10.6. The van der Waals surface area contributed by atoms with E-state index >= 15 is 0 Å². The van der Waals surface area contributed by atoms with E-state index in [0.717, 1.165) is 4.57 Å². The van der Waals surface area contributed by atoms with Crippen LogP contribution in [0.3, 0.4) is 0 Å². The van der Waals surface area contributed by atoms with Gasteiger partial charge in [0.25, 0.3) is 5.56 Å². The first-order valence-corrected chi connectivity index (χ1v) is 5.34. The third-order valence-electron chi connectivity index (χ3n) is 2.64. The van der Waals surface area contributed by atoms with Gasteiger partial charge in [-0.15, -0.1) is 0 Å². The molecule has 0 N–H and O–H groups in total. The monoisotopic (exact) mass is 248 g/mol. The Hall–Kier alpha value is -2.37. The highest BCUT2D eigenvalue weighted by Crippen LogP contribution is 2.02. The molecule has 94 valence electrons. The van der Waals surface area contributed by atoms with Crippen LogP contribution in [0.15, 0.2) is 38.6 Å². The summed E-state index contributed by atoms with van der Waals surface area (Å²) < 4.78 is 7.32. The van der Waals surface area contributed by atoms with Gasteiger partial charge >= 0.3 is 5.69 Å². The average Bonchev–Trinajstić information content (AvgIpc) is 2.82. The Balaban J connectivity index is 2.58. The molecule has 2 aromatic heterocycles. The highest BCUT2D eigenvalue weighted by molar-refractivity contribution is 5.93. The van der Waals surface area contributed by atoms with Crippen molar-refractivity contribution in [1.82, 2.24) is 9.13 Å². The number of furan rings is 1. The van der Waals surface area contributed by atoms with Gasteiger partial charge in [-0.2, -0.15) is 0 Å². The molecule has 0 fully saturated rings. The lowest BCUT2D eigenvalue weighted by Crippen LogP contribution is -2.40. The second-order valence-electron chi connectivity index (χ2n) is 3.95. The molecular weight excluding hydrogens is 236 g/mol. The summed E-state index contributed by atoms with van der Waals surface area (Å²) in [7, 11) is 1.34. The van der Waals surface area contributed by atoms with E-state index in [0.29, 0.717) is 5.76 Å². The summed E-state index contributed by atoms with van der Waals surface area (Å²) in [6.45, 7) is 1.47. The van der Waals surface area contributed by atoms with Gasteiger partial charge in [-0.05, 0) is 19.1 Å². The largest absolute Gasteiger partial charge is 0.467 e. The van der Waals surface area contributed by atoms with E-state index in [1.165, 1.54) is 31.0 Å². The highest BCUT2D eigenvalue weighted by atomic mass is 16.3. The SMILES string of the molecule is CC(=O)c1cn(Cc2ccco2)c(=O)n(C)c1=O. The zero-order chi connectivity index (χ0) is 13.3. The molecule has 2 aromatic rings. The number of rotatable bonds is 3. The Morgan fingerprint density at radius 2 is 2.11 bits per heavy atom. The molecule has 0 radical (unpaired) electrons. The molecule has 0 aromatic carbocycles. The molecule has 0 saturated heterocycles. The standard InChI is InChI=1S/C12H12N2O4/c1-8(15)10-7-14(6-9-4-3-5-18-9)12(17)13(2)11(10)16/h3-5,7H,6H2,1-2H3. The van der Waals surface area contributed by atoms with E-state index in [1.54, 1.807) is 12.1 Å². The fourth-order valence-corrected chi connectivity index (χ4v) is 1.65. The van der Waals surface area contributed by atoms with E-state index < -0.39 is 11.2 Å². The van der Waals surface area contributed by atoms with Crippen molar-refractivity contribution in [1.29, 1.82) is 0 Å². The van der Waals surface area contributed by atoms with Crippen LogP contribution in [0, 0.1) is 0 Å². The average molecular weight is 248 g/mol. The molecule has 18 heavy (non-hydrogen) atoms. The summed E-state index contributed by atoms with van der Waals surface area (Å²) in [6.07, 6.45) is 2.77. The number of ketones is 1. The summed E-state index contributed by atoms with van der Waals surface area (Å²) in [5, 5.41) is 0. The van der Waals surface area contributed by atoms with Crippen molar-refractivity contribution in [3.05, 3.63) is 56.8 Å². The van der Waals surface area contributed by atoms with Crippen molar-refractivity contribution in [3.63, 3.8) is 0 Å². The molecule has 0 amide bonds. The van der Waals surface area contributed by atoms with Crippen molar-refractivity contribution >= 4 is 5.78 Å². The molecule has 0 aliphatic heterocycles. The minimum Gasteiger partial charge on any atom is -0.467 e. The van der Waals surface area contributed by atoms with Crippen molar-refractivity contribution in [2.45, 2.75) is 13.5 Å². The summed E-state index contributed by atoms with van der Waals surface area (Å²) in [5.74, 6) is 0.203. The molecule has 0 spiro atoms.